The number of hydrogen-bond donors (Lipinski definition) is 1. The summed E-state index contributed by atoms with van der Waals surface area (Å²) in [7, 11) is 3.39. The molecule has 1 aromatic carbocycles. The standard InChI is InChI=1S/C17H25FN2O2/c1-20(10-9-17(21)19-14-5-3-4-6-14)12-13-7-8-16(22-2)15(18)11-13/h7-8,11,14H,3-6,9-10,12H2,1-2H3,(H,19,21). The van der Waals surface area contributed by atoms with Crippen LogP contribution in [-0.4, -0.2) is 37.6 Å². The molecular weight excluding hydrogens is 283 g/mol. The third kappa shape index (κ3) is 4.98. The van der Waals surface area contributed by atoms with Crippen molar-refractivity contribution in [1.29, 1.82) is 0 Å². The zero-order valence-electron chi connectivity index (χ0n) is 13.4. The van der Waals surface area contributed by atoms with Crippen molar-refractivity contribution in [3.63, 3.8) is 0 Å². The molecule has 0 bridgehead atoms. The van der Waals surface area contributed by atoms with Crippen molar-refractivity contribution in [3.05, 3.63) is 29.6 Å². The maximum atomic E-state index is 13.6. The van der Waals surface area contributed by atoms with Crippen LogP contribution in [0.5, 0.6) is 5.75 Å². The lowest BCUT2D eigenvalue weighted by Crippen LogP contribution is -2.34. The molecule has 0 unspecified atom stereocenters. The van der Waals surface area contributed by atoms with Crippen molar-refractivity contribution < 1.29 is 13.9 Å². The molecule has 0 heterocycles. The second-order valence-electron chi connectivity index (χ2n) is 6.01. The summed E-state index contributed by atoms with van der Waals surface area (Å²) in [5.41, 5.74) is 0.872. The molecule has 1 amide bonds. The minimum atomic E-state index is -0.354. The van der Waals surface area contributed by atoms with Gasteiger partial charge in [0.05, 0.1) is 7.11 Å². The summed E-state index contributed by atoms with van der Waals surface area (Å²) in [5.74, 6) is 0.00869. The number of rotatable bonds is 7. The first-order chi connectivity index (χ1) is 10.6. The number of nitrogens with zero attached hydrogens (tertiary/aromatic N) is 1. The van der Waals surface area contributed by atoms with Gasteiger partial charge in [0.25, 0.3) is 0 Å². The largest absolute Gasteiger partial charge is 0.494 e. The summed E-state index contributed by atoms with van der Waals surface area (Å²) in [5, 5.41) is 3.08. The summed E-state index contributed by atoms with van der Waals surface area (Å²) in [6.45, 7) is 1.27. The number of hydrogen-bond acceptors (Lipinski definition) is 3. The molecule has 1 N–H and O–H groups in total. The second-order valence-corrected chi connectivity index (χ2v) is 6.01. The molecule has 1 aliphatic carbocycles. The molecule has 1 aliphatic rings. The lowest BCUT2D eigenvalue weighted by molar-refractivity contribution is -0.122. The Balaban J connectivity index is 1.73. The van der Waals surface area contributed by atoms with Crippen LogP contribution in [0.2, 0.25) is 0 Å². The molecule has 5 heteroatoms. The van der Waals surface area contributed by atoms with E-state index in [0.29, 0.717) is 25.6 Å². The third-order valence-electron chi connectivity index (χ3n) is 4.11. The summed E-state index contributed by atoms with van der Waals surface area (Å²) in [6.07, 6.45) is 5.12. The van der Waals surface area contributed by atoms with Crippen molar-refractivity contribution in [1.82, 2.24) is 10.2 Å². The number of carbonyl (C=O) groups is 1. The Kier molecular flexibility index (Phi) is 6.19. The summed E-state index contributed by atoms with van der Waals surface area (Å²) < 4.78 is 18.5. The molecule has 1 aromatic rings. The summed E-state index contributed by atoms with van der Waals surface area (Å²) in [6, 6.07) is 5.32. The topological polar surface area (TPSA) is 41.6 Å². The van der Waals surface area contributed by atoms with Gasteiger partial charge < -0.3 is 15.0 Å². The molecule has 0 radical (unpaired) electrons. The van der Waals surface area contributed by atoms with E-state index in [-0.39, 0.29) is 17.5 Å². The average Bonchev–Trinajstić information content (AvgIpc) is 2.98. The number of amides is 1. The quantitative estimate of drug-likeness (QED) is 0.842. The van der Waals surface area contributed by atoms with E-state index in [1.807, 2.05) is 18.0 Å². The molecule has 0 spiro atoms. The van der Waals surface area contributed by atoms with Gasteiger partial charge >= 0.3 is 0 Å². The Bertz CT molecular complexity index is 501. The zero-order chi connectivity index (χ0) is 15.9. The number of methoxy groups -OCH3 is 1. The van der Waals surface area contributed by atoms with Crippen LogP contribution in [-0.2, 0) is 11.3 Å². The van der Waals surface area contributed by atoms with E-state index in [2.05, 4.69) is 5.32 Å². The van der Waals surface area contributed by atoms with Crippen LogP contribution in [0.3, 0.4) is 0 Å². The number of nitrogens with one attached hydrogen (secondary N) is 1. The van der Waals surface area contributed by atoms with Gasteiger partial charge in [0.1, 0.15) is 0 Å². The lowest BCUT2D eigenvalue weighted by atomic mass is 10.2. The molecule has 1 fully saturated rings. The zero-order valence-corrected chi connectivity index (χ0v) is 13.4. The minimum Gasteiger partial charge on any atom is -0.494 e. The van der Waals surface area contributed by atoms with Crippen LogP contribution in [0.15, 0.2) is 18.2 Å². The number of ether oxygens (including phenoxy) is 1. The first kappa shape index (κ1) is 16.7. The predicted octanol–water partition coefficient (Wildman–Crippen LogP) is 2.72. The molecule has 4 nitrogen and oxygen atoms in total. The van der Waals surface area contributed by atoms with Crippen LogP contribution < -0.4 is 10.1 Å². The van der Waals surface area contributed by atoms with Crippen LogP contribution in [0.4, 0.5) is 4.39 Å². The molecule has 22 heavy (non-hydrogen) atoms. The molecule has 0 aromatic heterocycles. The molecule has 0 aliphatic heterocycles. The van der Waals surface area contributed by atoms with Gasteiger partial charge in [-0.25, -0.2) is 4.39 Å². The smallest absolute Gasteiger partial charge is 0.221 e. The highest BCUT2D eigenvalue weighted by Gasteiger charge is 2.17. The van der Waals surface area contributed by atoms with E-state index in [1.165, 1.54) is 26.0 Å². The maximum Gasteiger partial charge on any atom is 0.221 e. The Labute approximate surface area is 131 Å². The first-order valence-corrected chi connectivity index (χ1v) is 7.89. The summed E-state index contributed by atoms with van der Waals surface area (Å²) in [4.78, 5) is 13.9. The number of halogens is 1. The molecular formula is C17H25FN2O2. The van der Waals surface area contributed by atoms with Crippen LogP contribution >= 0.6 is 0 Å². The van der Waals surface area contributed by atoms with Crippen molar-refractivity contribution >= 4 is 5.91 Å². The molecule has 2 rings (SSSR count). The lowest BCUT2D eigenvalue weighted by Gasteiger charge is -2.18. The minimum absolute atomic E-state index is 0.111. The Morgan fingerprint density at radius 2 is 2.14 bits per heavy atom. The van der Waals surface area contributed by atoms with Gasteiger partial charge in [0, 0.05) is 25.6 Å². The van der Waals surface area contributed by atoms with E-state index in [1.54, 1.807) is 6.07 Å². The van der Waals surface area contributed by atoms with Crippen molar-refractivity contribution in [3.8, 4) is 5.75 Å². The van der Waals surface area contributed by atoms with E-state index < -0.39 is 0 Å². The third-order valence-corrected chi connectivity index (χ3v) is 4.11. The van der Waals surface area contributed by atoms with Crippen LogP contribution in [0.1, 0.15) is 37.7 Å². The number of carbonyl (C=O) groups excluding carboxylic acids is 1. The fourth-order valence-corrected chi connectivity index (χ4v) is 2.86. The van der Waals surface area contributed by atoms with Gasteiger partial charge in [0.2, 0.25) is 5.91 Å². The number of benzene rings is 1. The predicted molar refractivity (Wildman–Crippen MR) is 84.3 cm³/mol. The van der Waals surface area contributed by atoms with E-state index in [4.69, 9.17) is 4.74 Å². The van der Waals surface area contributed by atoms with Gasteiger partial charge in [-0.15, -0.1) is 0 Å². The van der Waals surface area contributed by atoms with Crippen molar-refractivity contribution in [2.24, 2.45) is 0 Å². The SMILES string of the molecule is COc1ccc(CN(C)CCC(=O)NC2CCCC2)cc1F. The molecule has 0 saturated heterocycles. The van der Waals surface area contributed by atoms with Crippen molar-refractivity contribution in [2.45, 2.75) is 44.7 Å². The fourth-order valence-electron chi connectivity index (χ4n) is 2.86. The highest BCUT2D eigenvalue weighted by molar-refractivity contribution is 5.76. The first-order valence-electron chi connectivity index (χ1n) is 7.89. The Morgan fingerprint density at radius 3 is 2.77 bits per heavy atom. The van der Waals surface area contributed by atoms with E-state index >= 15 is 0 Å². The Hall–Kier alpha value is -1.62. The fraction of sp³-hybridized carbons (Fsp3) is 0.588. The van der Waals surface area contributed by atoms with Crippen molar-refractivity contribution in [2.75, 3.05) is 20.7 Å². The normalized spacial score (nSPS) is 15.3. The molecule has 0 atom stereocenters. The Morgan fingerprint density at radius 1 is 1.41 bits per heavy atom. The van der Waals surface area contributed by atoms with Gasteiger partial charge in [-0.2, -0.15) is 0 Å². The van der Waals surface area contributed by atoms with Gasteiger partial charge in [-0.05, 0) is 37.6 Å². The summed E-state index contributed by atoms with van der Waals surface area (Å²) >= 11 is 0. The monoisotopic (exact) mass is 308 g/mol. The van der Waals surface area contributed by atoms with Crippen LogP contribution in [0.25, 0.3) is 0 Å². The average molecular weight is 308 g/mol. The maximum absolute atomic E-state index is 13.6. The highest BCUT2D eigenvalue weighted by atomic mass is 19.1. The van der Waals surface area contributed by atoms with E-state index in [9.17, 15) is 9.18 Å². The highest BCUT2D eigenvalue weighted by Crippen LogP contribution is 2.19. The van der Waals surface area contributed by atoms with Gasteiger partial charge in [-0.1, -0.05) is 18.9 Å². The van der Waals surface area contributed by atoms with E-state index in [0.717, 1.165) is 18.4 Å². The molecule has 122 valence electrons. The van der Waals surface area contributed by atoms with Gasteiger partial charge in [-0.3, -0.25) is 4.79 Å². The van der Waals surface area contributed by atoms with Crippen LogP contribution in [0, 0.1) is 5.82 Å². The molecule has 1 saturated carbocycles. The second kappa shape index (κ2) is 8.13. The van der Waals surface area contributed by atoms with Gasteiger partial charge in [0.15, 0.2) is 11.6 Å².